The largest absolute Gasteiger partial charge is 0.484 e. The molecule has 0 radical (unpaired) electrons. The fraction of sp³-hybridized carbons (Fsp3) is 0.455. The number of alkyl halides is 2. The third-order valence-electron chi connectivity index (χ3n) is 2.67. The van der Waals surface area contributed by atoms with E-state index in [0.29, 0.717) is 0 Å². The molecule has 3 N–H and O–H groups in total. The quantitative estimate of drug-likeness (QED) is 0.785. The Bertz CT molecular complexity index is 425. The van der Waals surface area contributed by atoms with E-state index >= 15 is 0 Å². The van der Waals surface area contributed by atoms with Crippen molar-refractivity contribution < 1.29 is 23.0 Å². The van der Waals surface area contributed by atoms with Gasteiger partial charge in [0.05, 0.1) is 12.5 Å². The highest BCUT2D eigenvalue weighted by Gasteiger charge is 2.47. The summed E-state index contributed by atoms with van der Waals surface area (Å²) in [5.41, 5.74) is 5.56. The van der Waals surface area contributed by atoms with Crippen molar-refractivity contribution in [2.75, 3.05) is 5.73 Å². The Morgan fingerprint density at radius 1 is 1.35 bits per heavy atom. The number of aliphatic hydroxyl groups is 1. The summed E-state index contributed by atoms with van der Waals surface area (Å²) >= 11 is 0. The standard InChI is InChI=1S/C11H12F3NO2/c12-7-3-6(15)1-2-9(7)17-10-5-11(13,14)4-8(10)16/h1-3,8,10,16H,4-5,15H2/t8-,10+/m0/s1. The van der Waals surface area contributed by atoms with Gasteiger partial charge in [0.2, 0.25) is 0 Å². The minimum Gasteiger partial charge on any atom is -0.484 e. The van der Waals surface area contributed by atoms with E-state index in [1.165, 1.54) is 12.1 Å². The highest BCUT2D eigenvalue weighted by atomic mass is 19.3. The van der Waals surface area contributed by atoms with E-state index in [9.17, 15) is 18.3 Å². The summed E-state index contributed by atoms with van der Waals surface area (Å²) in [4.78, 5) is 0. The molecule has 0 saturated heterocycles. The van der Waals surface area contributed by atoms with Crippen LogP contribution in [0.25, 0.3) is 0 Å². The number of anilines is 1. The molecule has 1 saturated carbocycles. The molecule has 0 spiro atoms. The van der Waals surface area contributed by atoms with Gasteiger partial charge in [0, 0.05) is 18.2 Å². The average molecular weight is 247 g/mol. The van der Waals surface area contributed by atoms with Gasteiger partial charge in [-0.15, -0.1) is 0 Å². The van der Waals surface area contributed by atoms with E-state index in [1.54, 1.807) is 0 Å². The Labute approximate surface area is 96.0 Å². The highest BCUT2D eigenvalue weighted by Crippen LogP contribution is 2.37. The minimum atomic E-state index is -2.96. The lowest BCUT2D eigenvalue weighted by Crippen LogP contribution is -2.26. The number of benzene rings is 1. The van der Waals surface area contributed by atoms with Crippen molar-refractivity contribution in [1.29, 1.82) is 0 Å². The minimum absolute atomic E-state index is 0.180. The van der Waals surface area contributed by atoms with E-state index in [4.69, 9.17) is 10.5 Å². The summed E-state index contributed by atoms with van der Waals surface area (Å²) in [7, 11) is 0. The molecule has 2 atom stereocenters. The van der Waals surface area contributed by atoms with Crippen molar-refractivity contribution >= 4 is 5.69 Å². The summed E-state index contributed by atoms with van der Waals surface area (Å²) < 4.78 is 44.3. The van der Waals surface area contributed by atoms with Gasteiger partial charge in [0.1, 0.15) is 6.10 Å². The van der Waals surface area contributed by atoms with Crippen LogP contribution in [0.4, 0.5) is 18.9 Å². The molecule has 94 valence electrons. The summed E-state index contributed by atoms with van der Waals surface area (Å²) in [5.74, 6) is -3.87. The van der Waals surface area contributed by atoms with Crippen molar-refractivity contribution in [3.05, 3.63) is 24.0 Å². The van der Waals surface area contributed by atoms with Crippen LogP contribution in [0.1, 0.15) is 12.8 Å². The Hall–Kier alpha value is -1.43. The van der Waals surface area contributed by atoms with Crippen LogP contribution in [-0.4, -0.2) is 23.2 Å². The van der Waals surface area contributed by atoms with Crippen LogP contribution in [0.3, 0.4) is 0 Å². The number of halogens is 3. The first kappa shape index (κ1) is 12.0. The van der Waals surface area contributed by atoms with E-state index in [-0.39, 0.29) is 11.4 Å². The van der Waals surface area contributed by atoms with Crippen LogP contribution in [0, 0.1) is 5.82 Å². The molecule has 17 heavy (non-hydrogen) atoms. The van der Waals surface area contributed by atoms with Crippen LogP contribution in [0.15, 0.2) is 18.2 Å². The smallest absolute Gasteiger partial charge is 0.254 e. The molecule has 0 unspecified atom stereocenters. The van der Waals surface area contributed by atoms with E-state index in [2.05, 4.69) is 0 Å². The second-order valence-electron chi connectivity index (χ2n) is 4.18. The predicted octanol–water partition coefficient (Wildman–Crippen LogP) is 1.95. The maximum Gasteiger partial charge on any atom is 0.254 e. The molecule has 2 rings (SSSR count). The van der Waals surface area contributed by atoms with Gasteiger partial charge in [-0.1, -0.05) is 0 Å². The molecule has 0 amide bonds. The first-order chi connectivity index (χ1) is 7.87. The van der Waals surface area contributed by atoms with Crippen molar-refractivity contribution in [3.63, 3.8) is 0 Å². The van der Waals surface area contributed by atoms with Gasteiger partial charge in [-0.3, -0.25) is 0 Å². The maximum absolute atomic E-state index is 13.3. The van der Waals surface area contributed by atoms with Gasteiger partial charge in [-0.2, -0.15) is 0 Å². The first-order valence-electron chi connectivity index (χ1n) is 5.15. The van der Waals surface area contributed by atoms with Gasteiger partial charge >= 0.3 is 0 Å². The second kappa shape index (κ2) is 4.10. The zero-order valence-electron chi connectivity index (χ0n) is 8.87. The molecule has 1 aromatic rings. The average Bonchev–Trinajstić information content (AvgIpc) is 2.44. The predicted molar refractivity (Wildman–Crippen MR) is 55.4 cm³/mol. The Kier molecular flexibility index (Phi) is 2.91. The van der Waals surface area contributed by atoms with Crippen molar-refractivity contribution in [2.24, 2.45) is 0 Å². The Morgan fingerprint density at radius 3 is 2.59 bits per heavy atom. The van der Waals surface area contributed by atoms with Crippen molar-refractivity contribution in [1.82, 2.24) is 0 Å². The molecule has 0 heterocycles. The van der Waals surface area contributed by atoms with E-state index < -0.39 is 36.8 Å². The van der Waals surface area contributed by atoms with Crippen LogP contribution in [0.2, 0.25) is 0 Å². The molecule has 6 heteroatoms. The zero-order chi connectivity index (χ0) is 12.6. The molecule has 1 aliphatic rings. The number of hydrogen-bond acceptors (Lipinski definition) is 3. The molecule has 0 aliphatic heterocycles. The molecule has 0 aromatic heterocycles. The Morgan fingerprint density at radius 2 is 2.06 bits per heavy atom. The molecular formula is C11H12F3NO2. The monoisotopic (exact) mass is 247 g/mol. The third kappa shape index (κ3) is 2.63. The molecular weight excluding hydrogens is 235 g/mol. The van der Waals surface area contributed by atoms with Crippen LogP contribution in [0.5, 0.6) is 5.75 Å². The number of aliphatic hydroxyl groups excluding tert-OH is 1. The van der Waals surface area contributed by atoms with Crippen LogP contribution in [-0.2, 0) is 0 Å². The third-order valence-corrected chi connectivity index (χ3v) is 2.67. The zero-order valence-corrected chi connectivity index (χ0v) is 8.87. The summed E-state index contributed by atoms with van der Waals surface area (Å²) in [6.07, 6.45) is -3.66. The van der Waals surface area contributed by atoms with Gasteiger partial charge in [-0.25, -0.2) is 13.2 Å². The van der Waals surface area contributed by atoms with Crippen molar-refractivity contribution in [2.45, 2.75) is 31.0 Å². The summed E-state index contributed by atoms with van der Waals surface area (Å²) in [6, 6.07) is 3.69. The molecule has 1 fully saturated rings. The van der Waals surface area contributed by atoms with Gasteiger partial charge in [0.25, 0.3) is 5.92 Å². The number of ether oxygens (including phenoxy) is 1. The number of rotatable bonds is 2. The normalized spacial score (nSPS) is 27.1. The Balaban J connectivity index is 2.11. The van der Waals surface area contributed by atoms with Crippen molar-refractivity contribution in [3.8, 4) is 5.75 Å². The summed E-state index contributed by atoms with van der Waals surface area (Å²) in [6.45, 7) is 0. The fourth-order valence-corrected chi connectivity index (χ4v) is 1.85. The SMILES string of the molecule is Nc1ccc(O[C@@H]2CC(F)(F)C[C@@H]2O)c(F)c1. The van der Waals surface area contributed by atoms with Gasteiger partial charge in [0.15, 0.2) is 11.6 Å². The summed E-state index contributed by atoms with van der Waals surface area (Å²) in [5, 5.41) is 9.38. The van der Waals surface area contributed by atoms with E-state index in [0.717, 1.165) is 6.07 Å². The molecule has 1 aliphatic carbocycles. The number of hydrogen-bond donors (Lipinski definition) is 2. The molecule has 1 aromatic carbocycles. The van der Waals surface area contributed by atoms with E-state index in [1.807, 2.05) is 0 Å². The van der Waals surface area contributed by atoms with Gasteiger partial charge < -0.3 is 15.6 Å². The second-order valence-corrected chi connectivity index (χ2v) is 4.18. The lowest BCUT2D eigenvalue weighted by atomic mass is 10.2. The molecule has 3 nitrogen and oxygen atoms in total. The lowest BCUT2D eigenvalue weighted by Gasteiger charge is -2.17. The molecule has 0 bridgehead atoms. The maximum atomic E-state index is 13.3. The van der Waals surface area contributed by atoms with Crippen LogP contribution < -0.4 is 10.5 Å². The van der Waals surface area contributed by atoms with Crippen LogP contribution >= 0.6 is 0 Å². The highest BCUT2D eigenvalue weighted by molar-refractivity contribution is 5.42. The van der Waals surface area contributed by atoms with Gasteiger partial charge in [-0.05, 0) is 12.1 Å². The number of nitrogen functional groups attached to an aromatic ring is 1. The number of nitrogens with two attached hydrogens (primary N) is 1. The topological polar surface area (TPSA) is 55.5 Å². The fourth-order valence-electron chi connectivity index (χ4n) is 1.85. The first-order valence-corrected chi connectivity index (χ1v) is 5.15. The lowest BCUT2D eigenvalue weighted by molar-refractivity contribution is -0.00491.